The number of halogens is 1. The van der Waals surface area contributed by atoms with Crippen LogP contribution in [0.4, 0.5) is 14.9 Å². The number of nitrogens with one attached hydrogen (secondary N) is 2. The van der Waals surface area contributed by atoms with Crippen molar-refractivity contribution in [2.75, 3.05) is 5.32 Å². The topological polar surface area (TPSA) is 136 Å². The molecule has 0 saturated carbocycles. The van der Waals surface area contributed by atoms with Crippen molar-refractivity contribution in [3.8, 4) is 0 Å². The first-order valence-corrected chi connectivity index (χ1v) is 14.0. The molecular weight excluding hydrogens is 525 g/mol. The van der Waals surface area contributed by atoms with Crippen molar-refractivity contribution >= 4 is 27.7 Å². The number of hydrogen-bond acceptors (Lipinski definition) is 5. The molecule has 2 amide bonds. The Hall–Kier alpha value is -3.80. The molecule has 206 valence electrons. The van der Waals surface area contributed by atoms with Gasteiger partial charge in [0, 0.05) is 11.7 Å². The average Bonchev–Trinajstić information content (AvgIpc) is 3.33. The fraction of sp³-hybridized carbons (Fsp3) is 0.286. The Morgan fingerprint density at radius 1 is 1.00 bits per heavy atom. The molecule has 0 radical (unpaired) electrons. The highest BCUT2D eigenvalue weighted by Crippen LogP contribution is 2.34. The molecule has 4 rings (SSSR count). The lowest BCUT2D eigenvalue weighted by atomic mass is 10.0. The number of rotatable bonds is 9. The maximum Gasteiger partial charge on any atom is 0.407 e. The second kappa shape index (κ2) is 11.9. The molecule has 1 unspecified atom stereocenters. The van der Waals surface area contributed by atoms with E-state index in [2.05, 4.69) is 10.0 Å². The normalized spacial score (nSPS) is 18.9. The zero-order valence-electron chi connectivity index (χ0n) is 21.2. The minimum atomic E-state index is -4.02. The number of hydrogen-bond donors (Lipinski definition) is 4. The molecule has 0 spiro atoms. The lowest BCUT2D eigenvalue weighted by Crippen LogP contribution is -2.44. The fourth-order valence-electron chi connectivity index (χ4n) is 4.81. The highest BCUT2D eigenvalue weighted by molar-refractivity contribution is 7.89. The van der Waals surface area contributed by atoms with E-state index in [9.17, 15) is 32.6 Å². The third-order valence-electron chi connectivity index (χ3n) is 6.81. The molecule has 0 aromatic heterocycles. The van der Waals surface area contributed by atoms with Crippen LogP contribution in [0.25, 0.3) is 0 Å². The Kier molecular flexibility index (Phi) is 8.63. The summed E-state index contributed by atoms with van der Waals surface area (Å²) in [5.74, 6) is -1.16. The van der Waals surface area contributed by atoms with Crippen LogP contribution in [-0.4, -0.2) is 53.7 Å². The number of anilines is 1. The fourth-order valence-corrected chi connectivity index (χ4v) is 6.01. The Bertz CT molecular complexity index is 1400. The average molecular weight is 556 g/mol. The molecule has 4 N–H and O–H groups in total. The van der Waals surface area contributed by atoms with Crippen LogP contribution in [0.1, 0.15) is 37.0 Å². The molecule has 1 fully saturated rings. The van der Waals surface area contributed by atoms with Gasteiger partial charge in [0.25, 0.3) is 0 Å². The van der Waals surface area contributed by atoms with E-state index in [0.717, 1.165) is 29.8 Å². The van der Waals surface area contributed by atoms with Gasteiger partial charge in [0.1, 0.15) is 5.82 Å². The summed E-state index contributed by atoms with van der Waals surface area (Å²) >= 11 is 0. The zero-order valence-corrected chi connectivity index (χ0v) is 22.0. The summed E-state index contributed by atoms with van der Waals surface area (Å²) in [6, 6.07) is 18.2. The summed E-state index contributed by atoms with van der Waals surface area (Å²) in [6.07, 6.45) is -0.435. The lowest BCUT2D eigenvalue weighted by Gasteiger charge is -2.31. The number of aliphatic hydroxyl groups excluding tert-OH is 1. The van der Waals surface area contributed by atoms with Gasteiger partial charge in [-0.25, -0.2) is 17.6 Å². The van der Waals surface area contributed by atoms with Crippen LogP contribution in [0.3, 0.4) is 0 Å². The van der Waals surface area contributed by atoms with E-state index in [-0.39, 0.29) is 10.9 Å². The SMILES string of the molecule is C[C@H](NS(=O)(=O)c1ccc(F)cc1)C(=O)Nc1ccc(C[C@@H]2CC[C@H](C(O)c3ccccc3)N2C(=O)O)cc1. The van der Waals surface area contributed by atoms with Gasteiger partial charge in [0.15, 0.2) is 0 Å². The number of benzene rings is 3. The highest BCUT2D eigenvalue weighted by atomic mass is 32.2. The number of carboxylic acid groups (broad SMARTS) is 1. The maximum atomic E-state index is 13.1. The van der Waals surface area contributed by atoms with E-state index in [1.807, 2.05) is 6.07 Å². The van der Waals surface area contributed by atoms with Crippen molar-refractivity contribution in [3.63, 3.8) is 0 Å². The van der Waals surface area contributed by atoms with Gasteiger partial charge in [0.05, 0.1) is 23.1 Å². The van der Waals surface area contributed by atoms with Crippen LogP contribution in [-0.2, 0) is 21.2 Å². The number of aliphatic hydroxyl groups is 1. The standard InChI is InChI=1S/C28H30FN3O6S/c1-18(31-39(37,38)24-14-9-21(29)10-15-24)27(34)30-22-11-7-19(8-12-22)17-23-13-16-25(32(23)28(35)36)26(33)20-5-3-2-4-6-20/h2-12,14-15,18,23,25-26,31,33H,13,16-17H2,1H3,(H,30,34)(H,35,36)/t18-,23-,25+,26?/m0/s1. The van der Waals surface area contributed by atoms with Gasteiger partial charge in [0.2, 0.25) is 15.9 Å². The van der Waals surface area contributed by atoms with E-state index in [1.54, 1.807) is 48.5 Å². The molecule has 11 heteroatoms. The van der Waals surface area contributed by atoms with Crippen LogP contribution < -0.4 is 10.0 Å². The molecule has 0 aliphatic carbocycles. The highest BCUT2D eigenvalue weighted by Gasteiger charge is 2.41. The van der Waals surface area contributed by atoms with Crippen molar-refractivity contribution in [3.05, 3.63) is 95.8 Å². The first-order valence-electron chi connectivity index (χ1n) is 12.5. The molecule has 4 atom stereocenters. The van der Waals surface area contributed by atoms with Crippen LogP contribution in [0.15, 0.2) is 83.8 Å². The quantitative estimate of drug-likeness (QED) is 0.316. The number of carbonyl (C=O) groups excluding carboxylic acids is 1. The van der Waals surface area contributed by atoms with E-state index >= 15 is 0 Å². The Labute approximate surface area is 226 Å². The largest absolute Gasteiger partial charge is 0.465 e. The summed E-state index contributed by atoms with van der Waals surface area (Å²) in [4.78, 5) is 25.9. The third kappa shape index (κ3) is 6.80. The smallest absolute Gasteiger partial charge is 0.407 e. The molecule has 1 saturated heterocycles. The van der Waals surface area contributed by atoms with Crippen LogP contribution in [0.2, 0.25) is 0 Å². The van der Waals surface area contributed by atoms with Gasteiger partial charge in [-0.1, -0.05) is 42.5 Å². The van der Waals surface area contributed by atoms with Crippen molar-refractivity contribution in [2.45, 2.75) is 55.3 Å². The second-order valence-electron chi connectivity index (χ2n) is 9.53. The maximum absolute atomic E-state index is 13.1. The molecule has 1 aliphatic heterocycles. The summed E-state index contributed by atoms with van der Waals surface area (Å²) in [6.45, 7) is 1.39. The monoisotopic (exact) mass is 555 g/mol. The predicted molar refractivity (Wildman–Crippen MR) is 143 cm³/mol. The number of nitrogens with zero attached hydrogens (tertiary/aromatic N) is 1. The number of carbonyl (C=O) groups is 2. The van der Waals surface area contributed by atoms with Gasteiger partial charge in [-0.15, -0.1) is 0 Å². The third-order valence-corrected chi connectivity index (χ3v) is 8.37. The summed E-state index contributed by atoms with van der Waals surface area (Å²) in [5.41, 5.74) is 1.96. The number of amides is 2. The Morgan fingerprint density at radius 2 is 1.64 bits per heavy atom. The first-order chi connectivity index (χ1) is 18.5. The molecule has 1 aliphatic rings. The molecule has 39 heavy (non-hydrogen) atoms. The molecular formula is C28H30FN3O6S. The Morgan fingerprint density at radius 3 is 2.26 bits per heavy atom. The van der Waals surface area contributed by atoms with E-state index in [4.69, 9.17) is 0 Å². The number of sulfonamides is 1. The predicted octanol–water partition coefficient (Wildman–Crippen LogP) is 3.92. The van der Waals surface area contributed by atoms with Gasteiger partial charge in [-0.3, -0.25) is 9.69 Å². The van der Waals surface area contributed by atoms with E-state index in [1.165, 1.54) is 11.8 Å². The summed E-state index contributed by atoms with van der Waals surface area (Å²) in [7, 11) is -4.02. The second-order valence-corrected chi connectivity index (χ2v) is 11.2. The van der Waals surface area contributed by atoms with Gasteiger partial charge in [-0.2, -0.15) is 4.72 Å². The minimum absolute atomic E-state index is 0.159. The van der Waals surface area contributed by atoms with Crippen molar-refractivity contribution < 1.29 is 32.6 Å². The van der Waals surface area contributed by atoms with Crippen molar-refractivity contribution in [1.29, 1.82) is 0 Å². The zero-order chi connectivity index (χ0) is 28.2. The molecule has 3 aromatic carbocycles. The van der Waals surface area contributed by atoms with Crippen LogP contribution in [0.5, 0.6) is 0 Å². The first kappa shape index (κ1) is 28.2. The molecule has 9 nitrogen and oxygen atoms in total. The number of likely N-dealkylation sites (tertiary alicyclic amines) is 1. The van der Waals surface area contributed by atoms with Gasteiger partial charge >= 0.3 is 6.09 Å². The molecule has 3 aromatic rings. The van der Waals surface area contributed by atoms with E-state index in [0.29, 0.717) is 30.5 Å². The molecule has 0 bridgehead atoms. The summed E-state index contributed by atoms with van der Waals surface area (Å²) in [5, 5.41) is 23.4. The lowest BCUT2D eigenvalue weighted by molar-refractivity contribution is -0.117. The van der Waals surface area contributed by atoms with Gasteiger partial charge < -0.3 is 15.5 Å². The Balaban J connectivity index is 1.36. The van der Waals surface area contributed by atoms with Crippen LogP contribution in [0, 0.1) is 5.82 Å². The van der Waals surface area contributed by atoms with Crippen molar-refractivity contribution in [2.24, 2.45) is 0 Å². The summed E-state index contributed by atoms with van der Waals surface area (Å²) < 4.78 is 40.3. The molecule has 1 heterocycles. The minimum Gasteiger partial charge on any atom is -0.465 e. The van der Waals surface area contributed by atoms with Crippen molar-refractivity contribution in [1.82, 2.24) is 9.62 Å². The van der Waals surface area contributed by atoms with Gasteiger partial charge in [-0.05, 0) is 73.7 Å². The van der Waals surface area contributed by atoms with E-state index < -0.39 is 46.0 Å². The van der Waals surface area contributed by atoms with Crippen LogP contribution >= 0.6 is 0 Å².